The SMILES string of the molecule is CC[C@H](Cl)[C@@H](Cl)[C@@H](Cl)C(=O)c1ccccc1. The molecule has 0 aromatic heterocycles. The van der Waals surface area contributed by atoms with Crippen LogP contribution in [0.5, 0.6) is 0 Å². The van der Waals surface area contributed by atoms with Gasteiger partial charge >= 0.3 is 0 Å². The van der Waals surface area contributed by atoms with E-state index in [1.54, 1.807) is 24.3 Å². The van der Waals surface area contributed by atoms with Crippen LogP contribution in [-0.4, -0.2) is 21.9 Å². The van der Waals surface area contributed by atoms with Crippen LogP contribution in [-0.2, 0) is 0 Å². The molecule has 4 heteroatoms. The molecular formula is C12H13Cl3O. The summed E-state index contributed by atoms with van der Waals surface area (Å²) in [5.41, 5.74) is 0.563. The van der Waals surface area contributed by atoms with E-state index in [4.69, 9.17) is 34.8 Å². The fraction of sp³-hybridized carbons (Fsp3) is 0.417. The summed E-state index contributed by atoms with van der Waals surface area (Å²) < 4.78 is 0. The molecule has 1 nitrogen and oxygen atoms in total. The van der Waals surface area contributed by atoms with Crippen molar-refractivity contribution < 1.29 is 4.79 Å². The molecule has 0 heterocycles. The van der Waals surface area contributed by atoms with E-state index in [1.165, 1.54) is 0 Å². The van der Waals surface area contributed by atoms with Gasteiger partial charge < -0.3 is 0 Å². The number of Topliss-reactive ketones (excluding diaryl/α,β-unsaturated/α-hetero) is 1. The van der Waals surface area contributed by atoms with Crippen molar-refractivity contribution in [2.75, 3.05) is 0 Å². The fourth-order valence-electron chi connectivity index (χ4n) is 1.31. The van der Waals surface area contributed by atoms with E-state index in [0.717, 1.165) is 0 Å². The summed E-state index contributed by atoms with van der Waals surface area (Å²) in [7, 11) is 0. The van der Waals surface area contributed by atoms with E-state index in [9.17, 15) is 4.79 Å². The average molecular weight is 280 g/mol. The molecule has 16 heavy (non-hydrogen) atoms. The van der Waals surface area contributed by atoms with Crippen LogP contribution < -0.4 is 0 Å². The van der Waals surface area contributed by atoms with E-state index in [2.05, 4.69) is 0 Å². The van der Waals surface area contributed by atoms with Crippen LogP contribution in [0.4, 0.5) is 0 Å². The Morgan fingerprint density at radius 2 is 1.75 bits per heavy atom. The molecule has 88 valence electrons. The van der Waals surface area contributed by atoms with Crippen molar-refractivity contribution in [3.63, 3.8) is 0 Å². The van der Waals surface area contributed by atoms with E-state index >= 15 is 0 Å². The van der Waals surface area contributed by atoms with Gasteiger partial charge in [-0.3, -0.25) is 4.79 Å². The van der Waals surface area contributed by atoms with Crippen molar-refractivity contribution in [2.24, 2.45) is 0 Å². The van der Waals surface area contributed by atoms with Crippen LogP contribution in [0.2, 0.25) is 0 Å². The Morgan fingerprint density at radius 1 is 1.19 bits per heavy atom. The number of carbonyl (C=O) groups is 1. The first-order valence-electron chi connectivity index (χ1n) is 5.09. The molecule has 0 saturated carbocycles. The van der Waals surface area contributed by atoms with Crippen LogP contribution in [0.15, 0.2) is 30.3 Å². The molecule has 0 unspecified atom stereocenters. The second-order valence-corrected chi connectivity index (χ2v) is 5.04. The number of halogens is 3. The van der Waals surface area contributed by atoms with Gasteiger partial charge in [0, 0.05) is 5.56 Å². The number of rotatable bonds is 5. The predicted molar refractivity (Wildman–Crippen MR) is 70.0 cm³/mol. The molecule has 0 N–H and O–H groups in total. The quantitative estimate of drug-likeness (QED) is 0.586. The zero-order valence-corrected chi connectivity index (χ0v) is 11.1. The number of hydrogen-bond acceptors (Lipinski definition) is 1. The summed E-state index contributed by atoms with van der Waals surface area (Å²) in [6, 6.07) is 8.86. The van der Waals surface area contributed by atoms with Gasteiger partial charge in [-0.1, -0.05) is 37.3 Å². The number of alkyl halides is 3. The van der Waals surface area contributed by atoms with Gasteiger partial charge in [0.25, 0.3) is 0 Å². The largest absolute Gasteiger partial charge is 0.292 e. The summed E-state index contributed by atoms with van der Waals surface area (Å²) in [5, 5.41) is -1.63. The van der Waals surface area contributed by atoms with Crippen molar-refractivity contribution in [1.29, 1.82) is 0 Å². The lowest BCUT2D eigenvalue weighted by Gasteiger charge is -2.18. The highest BCUT2D eigenvalue weighted by Crippen LogP contribution is 2.23. The van der Waals surface area contributed by atoms with Crippen LogP contribution in [0.3, 0.4) is 0 Å². The maximum Gasteiger partial charge on any atom is 0.182 e. The number of carbonyl (C=O) groups excluding carboxylic acids is 1. The molecule has 0 bridgehead atoms. The van der Waals surface area contributed by atoms with Gasteiger partial charge in [-0.2, -0.15) is 0 Å². The van der Waals surface area contributed by atoms with Crippen LogP contribution in [0, 0.1) is 0 Å². The zero-order chi connectivity index (χ0) is 12.1. The van der Waals surface area contributed by atoms with Crippen molar-refractivity contribution in [3.8, 4) is 0 Å². The Bertz CT molecular complexity index is 339. The molecule has 0 aliphatic carbocycles. The second kappa shape index (κ2) is 6.48. The van der Waals surface area contributed by atoms with Gasteiger partial charge in [0.05, 0.1) is 10.8 Å². The zero-order valence-electron chi connectivity index (χ0n) is 8.87. The summed E-state index contributed by atoms with van der Waals surface area (Å²) >= 11 is 18.0. The molecule has 0 fully saturated rings. The van der Waals surface area contributed by atoms with E-state index < -0.39 is 10.8 Å². The highest BCUT2D eigenvalue weighted by Gasteiger charge is 2.29. The first kappa shape index (κ1) is 13.8. The third-order valence-electron chi connectivity index (χ3n) is 2.32. The van der Waals surface area contributed by atoms with Gasteiger partial charge in [0.15, 0.2) is 5.78 Å². The number of ketones is 1. The Balaban J connectivity index is 2.75. The molecule has 0 amide bonds. The third kappa shape index (κ3) is 3.38. The van der Waals surface area contributed by atoms with Gasteiger partial charge in [-0.15, -0.1) is 34.8 Å². The van der Waals surface area contributed by atoms with Crippen molar-refractivity contribution in [3.05, 3.63) is 35.9 Å². The maximum absolute atomic E-state index is 11.9. The standard InChI is InChI=1S/C12H13Cl3O/c1-2-9(13)10(14)11(15)12(16)8-6-4-3-5-7-8/h3-7,9-11H,2H2,1H3/t9-,10+,11+/m0/s1. The minimum atomic E-state index is -0.786. The van der Waals surface area contributed by atoms with Gasteiger partial charge in [-0.05, 0) is 6.42 Å². The molecule has 1 rings (SSSR count). The summed E-state index contributed by atoms with van der Waals surface area (Å²) in [5.74, 6) is -0.179. The smallest absolute Gasteiger partial charge is 0.182 e. The lowest BCUT2D eigenvalue weighted by Crippen LogP contribution is -2.31. The molecule has 1 aromatic rings. The van der Waals surface area contributed by atoms with Gasteiger partial charge in [0.1, 0.15) is 5.38 Å². The summed E-state index contributed by atoms with van der Waals surface area (Å²) in [6.45, 7) is 1.91. The molecular weight excluding hydrogens is 266 g/mol. The highest BCUT2D eigenvalue weighted by molar-refractivity contribution is 6.42. The van der Waals surface area contributed by atoms with E-state index in [1.807, 2.05) is 13.0 Å². The van der Waals surface area contributed by atoms with E-state index in [-0.39, 0.29) is 11.2 Å². The average Bonchev–Trinajstić information content (AvgIpc) is 2.36. The molecule has 3 atom stereocenters. The van der Waals surface area contributed by atoms with Crippen LogP contribution >= 0.6 is 34.8 Å². The molecule has 0 aliphatic heterocycles. The molecule has 1 aromatic carbocycles. The third-order valence-corrected chi connectivity index (χ3v) is 4.19. The predicted octanol–water partition coefficient (Wildman–Crippen LogP) is 4.10. The Labute approximate surface area is 111 Å². The summed E-state index contributed by atoms with van der Waals surface area (Å²) in [6.07, 6.45) is 0.682. The Kier molecular flexibility index (Phi) is 5.60. The van der Waals surface area contributed by atoms with Crippen molar-refractivity contribution in [1.82, 2.24) is 0 Å². The normalized spacial score (nSPS) is 16.5. The molecule has 0 aliphatic rings. The lowest BCUT2D eigenvalue weighted by atomic mass is 10.0. The van der Waals surface area contributed by atoms with Crippen LogP contribution in [0.1, 0.15) is 23.7 Å². The monoisotopic (exact) mass is 278 g/mol. The highest BCUT2D eigenvalue weighted by atomic mass is 35.5. The topological polar surface area (TPSA) is 17.1 Å². The molecule has 0 radical (unpaired) electrons. The second-order valence-electron chi connectivity index (χ2n) is 3.50. The number of hydrogen-bond donors (Lipinski definition) is 0. The Hall–Kier alpha value is -0.240. The first-order valence-corrected chi connectivity index (χ1v) is 6.40. The van der Waals surface area contributed by atoms with Gasteiger partial charge in [-0.25, -0.2) is 0 Å². The minimum Gasteiger partial charge on any atom is -0.292 e. The fourth-order valence-corrected chi connectivity index (χ4v) is 2.13. The molecule has 0 saturated heterocycles. The van der Waals surface area contributed by atoms with Gasteiger partial charge in [0.2, 0.25) is 0 Å². The maximum atomic E-state index is 11.9. The number of benzene rings is 1. The van der Waals surface area contributed by atoms with Crippen molar-refractivity contribution >= 4 is 40.6 Å². The lowest BCUT2D eigenvalue weighted by molar-refractivity contribution is 0.0985. The minimum absolute atomic E-state index is 0.179. The Morgan fingerprint density at radius 3 is 2.25 bits per heavy atom. The van der Waals surface area contributed by atoms with Crippen molar-refractivity contribution in [2.45, 2.75) is 29.5 Å². The molecule has 0 spiro atoms. The van der Waals surface area contributed by atoms with Crippen LogP contribution in [0.25, 0.3) is 0 Å². The summed E-state index contributed by atoms with van der Waals surface area (Å²) in [4.78, 5) is 11.9. The van der Waals surface area contributed by atoms with E-state index in [0.29, 0.717) is 12.0 Å². The first-order chi connectivity index (χ1) is 7.57.